The highest BCUT2D eigenvalue weighted by molar-refractivity contribution is 7.91. The molecule has 1 heterocycles. The molecule has 0 aromatic carbocycles. The molecule has 2 atom stereocenters. The molecule has 6 heteroatoms. The van der Waals surface area contributed by atoms with E-state index in [2.05, 4.69) is 36.1 Å². The van der Waals surface area contributed by atoms with Crippen LogP contribution in [0.3, 0.4) is 0 Å². The van der Waals surface area contributed by atoms with Crippen LogP contribution in [0.4, 0.5) is 0 Å². The van der Waals surface area contributed by atoms with Gasteiger partial charge in [0.2, 0.25) is 0 Å². The highest BCUT2D eigenvalue weighted by Gasteiger charge is 2.27. The van der Waals surface area contributed by atoms with Crippen molar-refractivity contribution in [3.05, 3.63) is 0 Å². The average Bonchev–Trinajstić information content (AvgIpc) is 2.59. The standard InChI is InChI=1S/C15H33N3O2S/c1-5-16-14(9-7-12-21(19,20)6-2)15-13-17(3)10-8-11-18(15)4/h14-16H,5-13H2,1-4H3. The van der Waals surface area contributed by atoms with Crippen molar-refractivity contribution in [2.45, 2.75) is 45.2 Å². The fourth-order valence-electron chi connectivity index (χ4n) is 3.10. The Kier molecular flexibility index (Phi) is 8.16. The molecule has 0 radical (unpaired) electrons. The predicted molar refractivity (Wildman–Crippen MR) is 89.6 cm³/mol. The molecular weight excluding hydrogens is 286 g/mol. The topological polar surface area (TPSA) is 52.7 Å². The number of hydrogen-bond acceptors (Lipinski definition) is 5. The normalized spacial score (nSPS) is 23.9. The Labute approximate surface area is 131 Å². The van der Waals surface area contributed by atoms with Gasteiger partial charge in [-0.15, -0.1) is 0 Å². The van der Waals surface area contributed by atoms with E-state index in [9.17, 15) is 8.42 Å². The fraction of sp³-hybridized carbons (Fsp3) is 1.00. The van der Waals surface area contributed by atoms with Gasteiger partial charge in [0.15, 0.2) is 0 Å². The molecule has 1 rings (SSSR count). The number of nitrogens with zero attached hydrogens (tertiary/aromatic N) is 2. The van der Waals surface area contributed by atoms with Crippen LogP contribution in [-0.4, -0.2) is 82.1 Å². The van der Waals surface area contributed by atoms with Gasteiger partial charge in [-0.2, -0.15) is 0 Å². The maximum atomic E-state index is 11.6. The molecule has 0 aliphatic carbocycles. The maximum absolute atomic E-state index is 11.6. The van der Waals surface area contributed by atoms with Crippen molar-refractivity contribution in [3.8, 4) is 0 Å². The molecule has 0 spiro atoms. The van der Waals surface area contributed by atoms with E-state index in [0.29, 0.717) is 17.8 Å². The first kappa shape index (κ1) is 18.9. The van der Waals surface area contributed by atoms with Gasteiger partial charge in [-0.3, -0.25) is 0 Å². The second-order valence-electron chi connectivity index (χ2n) is 6.21. The van der Waals surface area contributed by atoms with Crippen LogP contribution >= 0.6 is 0 Å². The zero-order valence-corrected chi connectivity index (χ0v) is 15.0. The minimum Gasteiger partial charge on any atom is -0.313 e. The minimum atomic E-state index is -2.84. The lowest BCUT2D eigenvalue weighted by Gasteiger charge is -2.35. The van der Waals surface area contributed by atoms with E-state index in [1.54, 1.807) is 6.92 Å². The van der Waals surface area contributed by atoms with Crippen molar-refractivity contribution in [2.75, 3.05) is 51.8 Å². The lowest BCUT2D eigenvalue weighted by atomic mass is 10.0. The quantitative estimate of drug-likeness (QED) is 0.718. The van der Waals surface area contributed by atoms with E-state index in [1.807, 2.05) is 0 Å². The van der Waals surface area contributed by atoms with Crippen molar-refractivity contribution in [2.24, 2.45) is 0 Å². The van der Waals surface area contributed by atoms with Crippen molar-refractivity contribution in [1.29, 1.82) is 0 Å². The molecule has 126 valence electrons. The third kappa shape index (κ3) is 6.63. The first-order valence-corrected chi connectivity index (χ1v) is 10.0. The van der Waals surface area contributed by atoms with Crippen LogP contribution in [0.5, 0.6) is 0 Å². The number of nitrogens with one attached hydrogen (secondary N) is 1. The first-order chi connectivity index (χ1) is 9.89. The molecule has 0 aromatic rings. The second kappa shape index (κ2) is 9.08. The Hall–Kier alpha value is -0.170. The van der Waals surface area contributed by atoms with Crippen LogP contribution < -0.4 is 5.32 Å². The van der Waals surface area contributed by atoms with Gasteiger partial charge < -0.3 is 15.1 Å². The third-order valence-corrected chi connectivity index (χ3v) is 6.25. The third-order valence-electron chi connectivity index (χ3n) is 4.46. The van der Waals surface area contributed by atoms with Crippen molar-refractivity contribution >= 4 is 9.84 Å². The molecule has 1 fully saturated rings. The SMILES string of the molecule is CCNC(CCCS(=O)(=O)CC)C1CN(C)CCCN1C. The number of rotatable bonds is 8. The van der Waals surface area contributed by atoms with Crippen LogP contribution in [0.25, 0.3) is 0 Å². The smallest absolute Gasteiger partial charge is 0.150 e. The molecule has 1 aliphatic rings. The summed E-state index contributed by atoms with van der Waals surface area (Å²) in [6.45, 7) is 8.09. The lowest BCUT2D eigenvalue weighted by Crippen LogP contribution is -2.52. The number of likely N-dealkylation sites (N-methyl/N-ethyl adjacent to an activating group) is 3. The summed E-state index contributed by atoms with van der Waals surface area (Å²) in [5, 5.41) is 3.57. The van der Waals surface area contributed by atoms with E-state index in [0.717, 1.165) is 39.0 Å². The summed E-state index contributed by atoms with van der Waals surface area (Å²) >= 11 is 0. The fourth-order valence-corrected chi connectivity index (χ4v) is 4.00. The average molecular weight is 320 g/mol. The highest BCUT2D eigenvalue weighted by Crippen LogP contribution is 2.15. The molecule has 21 heavy (non-hydrogen) atoms. The monoisotopic (exact) mass is 319 g/mol. The molecule has 1 aliphatic heterocycles. The predicted octanol–water partition coefficient (Wildman–Crippen LogP) is 0.815. The van der Waals surface area contributed by atoms with Gasteiger partial charge in [0.1, 0.15) is 9.84 Å². The molecule has 0 saturated carbocycles. The minimum absolute atomic E-state index is 0.255. The molecule has 2 unspecified atom stereocenters. The van der Waals surface area contributed by atoms with Gasteiger partial charge >= 0.3 is 0 Å². The van der Waals surface area contributed by atoms with E-state index in [-0.39, 0.29) is 5.75 Å². The maximum Gasteiger partial charge on any atom is 0.150 e. The summed E-state index contributed by atoms with van der Waals surface area (Å²) in [6.07, 6.45) is 2.88. The van der Waals surface area contributed by atoms with E-state index >= 15 is 0 Å². The van der Waals surface area contributed by atoms with E-state index < -0.39 is 9.84 Å². The van der Waals surface area contributed by atoms with Crippen LogP contribution in [-0.2, 0) is 9.84 Å². The molecule has 0 aromatic heterocycles. The van der Waals surface area contributed by atoms with Gasteiger partial charge in [0, 0.05) is 24.4 Å². The van der Waals surface area contributed by atoms with Crippen molar-refractivity contribution in [1.82, 2.24) is 15.1 Å². The first-order valence-electron chi connectivity index (χ1n) is 8.22. The molecular formula is C15H33N3O2S. The highest BCUT2D eigenvalue weighted by atomic mass is 32.2. The summed E-state index contributed by atoms with van der Waals surface area (Å²) in [7, 11) is 1.52. The second-order valence-corrected chi connectivity index (χ2v) is 8.68. The van der Waals surface area contributed by atoms with Crippen molar-refractivity contribution in [3.63, 3.8) is 0 Å². The van der Waals surface area contributed by atoms with Crippen LogP contribution in [0, 0.1) is 0 Å². The molecule has 5 nitrogen and oxygen atoms in total. The Balaban J connectivity index is 2.61. The van der Waals surface area contributed by atoms with Crippen LogP contribution in [0.1, 0.15) is 33.1 Å². The molecule has 0 bridgehead atoms. The van der Waals surface area contributed by atoms with Gasteiger partial charge in [-0.1, -0.05) is 13.8 Å². The Morgan fingerprint density at radius 1 is 1.24 bits per heavy atom. The summed E-state index contributed by atoms with van der Waals surface area (Å²) in [4.78, 5) is 4.83. The molecule has 0 amide bonds. The number of sulfone groups is 1. The molecule has 1 N–H and O–H groups in total. The van der Waals surface area contributed by atoms with Gasteiger partial charge in [-0.05, 0) is 53.0 Å². The number of hydrogen-bond donors (Lipinski definition) is 1. The van der Waals surface area contributed by atoms with Crippen LogP contribution in [0.2, 0.25) is 0 Å². The summed E-state index contributed by atoms with van der Waals surface area (Å²) in [5.74, 6) is 0.572. The van der Waals surface area contributed by atoms with Gasteiger partial charge in [-0.25, -0.2) is 8.42 Å². The Morgan fingerprint density at radius 2 is 1.95 bits per heavy atom. The Morgan fingerprint density at radius 3 is 2.57 bits per heavy atom. The Bertz CT molecular complexity index is 386. The van der Waals surface area contributed by atoms with E-state index in [4.69, 9.17) is 0 Å². The zero-order chi connectivity index (χ0) is 15.9. The van der Waals surface area contributed by atoms with E-state index in [1.165, 1.54) is 6.42 Å². The van der Waals surface area contributed by atoms with Crippen LogP contribution in [0.15, 0.2) is 0 Å². The van der Waals surface area contributed by atoms with Gasteiger partial charge in [0.05, 0.1) is 5.75 Å². The largest absolute Gasteiger partial charge is 0.313 e. The molecule has 1 saturated heterocycles. The van der Waals surface area contributed by atoms with Crippen molar-refractivity contribution < 1.29 is 8.42 Å². The lowest BCUT2D eigenvalue weighted by molar-refractivity contribution is 0.173. The summed E-state index contributed by atoms with van der Waals surface area (Å²) < 4.78 is 23.3. The summed E-state index contributed by atoms with van der Waals surface area (Å²) in [6, 6.07) is 0.828. The zero-order valence-electron chi connectivity index (χ0n) is 14.1. The van der Waals surface area contributed by atoms with Gasteiger partial charge in [0.25, 0.3) is 0 Å². The summed E-state index contributed by atoms with van der Waals surface area (Å²) in [5.41, 5.74) is 0.